The highest BCUT2D eigenvalue weighted by Gasteiger charge is 2.22. The molecule has 9 heteroatoms. The van der Waals surface area contributed by atoms with Crippen molar-refractivity contribution in [1.82, 2.24) is 9.88 Å². The van der Waals surface area contributed by atoms with Gasteiger partial charge >= 0.3 is 0 Å². The normalized spacial score (nSPS) is 16.8. The van der Waals surface area contributed by atoms with E-state index in [1.807, 2.05) is 24.3 Å². The molecule has 0 unspecified atom stereocenters. The Labute approximate surface area is 232 Å². The molecule has 0 amide bonds. The minimum atomic E-state index is -0.00923. The zero-order chi connectivity index (χ0) is 26.6. The summed E-state index contributed by atoms with van der Waals surface area (Å²) in [5, 5.41) is 15.5. The predicted molar refractivity (Wildman–Crippen MR) is 151 cm³/mol. The second-order valence-electron chi connectivity index (χ2n) is 10.0. The van der Waals surface area contributed by atoms with Gasteiger partial charge in [0.05, 0.1) is 52.3 Å². The Morgan fingerprint density at radius 2 is 1.95 bits per heavy atom. The standard InChI is InChI=1S/C30H31ClN4O4/c31-24-4-5-26-23(8-14-38-26)30(24)34-29-20(18-32)19-33-25-16-22(37-15-11-35-9-2-1-3-10-35)17-27(28(25)29)39-21-6-12-36-13-7-21/h4-5,8,14,16-17,19,21H,1-3,6-7,9-13,15H2,(H,33,34). The lowest BCUT2D eigenvalue weighted by molar-refractivity contribution is 0.0261. The third-order valence-electron chi connectivity index (χ3n) is 7.45. The van der Waals surface area contributed by atoms with Gasteiger partial charge in [-0.05, 0) is 44.1 Å². The maximum absolute atomic E-state index is 10.0. The number of furan rings is 1. The number of pyridine rings is 1. The van der Waals surface area contributed by atoms with Gasteiger partial charge in [-0.3, -0.25) is 9.88 Å². The first-order valence-electron chi connectivity index (χ1n) is 13.6. The van der Waals surface area contributed by atoms with E-state index in [1.54, 1.807) is 18.5 Å². The molecule has 2 aromatic carbocycles. The maximum Gasteiger partial charge on any atom is 0.136 e. The molecule has 0 spiro atoms. The maximum atomic E-state index is 10.0. The molecule has 0 radical (unpaired) electrons. The lowest BCUT2D eigenvalue weighted by Crippen LogP contribution is -2.33. The molecule has 202 valence electrons. The van der Waals surface area contributed by atoms with E-state index in [4.69, 9.17) is 30.2 Å². The van der Waals surface area contributed by atoms with E-state index in [9.17, 15) is 5.26 Å². The SMILES string of the molecule is N#Cc1cnc2cc(OCCN3CCCCC3)cc(OC3CCOCC3)c2c1Nc1c(Cl)ccc2occc12. The van der Waals surface area contributed by atoms with Crippen molar-refractivity contribution in [1.29, 1.82) is 5.26 Å². The van der Waals surface area contributed by atoms with Gasteiger partial charge in [0, 0.05) is 43.1 Å². The van der Waals surface area contributed by atoms with E-state index < -0.39 is 0 Å². The van der Waals surface area contributed by atoms with Gasteiger partial charge in [0.1, 0.15) is 35.9 Å². The Bertz CT molecular complexity index is 1500. The second kappa shape index (κ2) is 11.7. The fourth-order valence-electron chi connectivity index (χ4n) is 5.37. The largest absolute Gasteiger partial charge is 0.492 e. The monoisotopic (exact) mass is 546 g/mol. The number of aromatic nitrogens is 1. The minimum absolute atomic E-state index is 0.00923. The first kappa shape index (κ1) is 25.8. The van der Waals surface area contributed by atoms with E-state index >= 15 is 0 Å². The van der Waals surface area contributed by atoms with Crippen molar-refractivity contribution in [3.8, 4) is 17.6 Å². The molecule has 8 nitrogen and oxygen atoms in total. The van der Waals surface area contributed by atoms with E-state index in [-0.39, 0.29) is 6.10 Å². The van der Waals surface area contributed by atoms with Crippen LogP contribution in [0.3, 0.4) is 0 Å². The molecule has 2 aliphatic heterocycles. The highest BCUT2D eigenvalue weighted by molar-refractivity contribution is 6.35. The van der Waals surface area contributed by atoms with E-state index in [0.717, 1.165) is 37.9 Å². The molecule has 0 saturated carbocycles. The lowest BCUT2D eigenvalue weighted by Gasteiger charge is -2.27. The first-order valence-corrected chi connectivity index (χ1v) is 14.0. The Kier molecular flexibility index (Phi) is 7.73. The number of nitrogens with zero attached hydrogens (tertiary/aromatic N) is 3. The summed E-state index contributed by atoms with van der Waals surface area (Å²) >= 11 is 6.63. The molecular weight excluding hydrogens is 516 g/mol. The summed E-state index contributed by atoms with van der Waals surface area (Å²) in [5.74, 6) is 1.31. The zero-order valence-electron chi connectivity index (χ0n) is 21.7. The van der Waals surface area contributed by atoms with Crippen LogP contribution in [-0.2, 0) is 4.74 Å². The summed E-state index contributed by atoms with van der Waals surface area (Å²) in [6, 6.07) is 11.6. The number of nitrogens with one attached hydrogen (secondary N) is 1. The predicted octanol–water partition coefficient (Wildman–Crippen LogP) is 6.67. The summed E-state index contributed by atoms with van der Waals surface area (Å²) < 4.78 is 23.9. The number of fused-ring (bicyclic) bond motifs is 2. The van der Waals surface area contributed by atoms with Crippen molar-refractivity contribution in [2.75, 3.05) is 44.8 Å². The number of halogens is 1. The van der Waals surface area contributed by atoms with Gasteiger partial charge in [0.2, 0.25) is 0 Å². The summed E-state index contributed by atoms with van der Waals surface area (Å²) in [5.41, 5.74) is 2.99. The van der Waals surface area contributed by atoms with E-state index in [2.05, 4.69) is 21.3 Å². The van der Waals surface area contributed by atoms with Gasteiger partial charge in [-0.2, -0.15) is 5.26 Å². The fourth-order valence-corrected chi connectivity index (χ4v) is 5.58. The Morgan fingerprint density at radius 1 is 1.10 bits per heavy atom. The van der Waals surface area contributed by atoms with Crippen LogP contribution in [0.1, 0.15) is 37.7 Å². The Balaban J connectivity index is 1.39. The average molecular weight is 547 g/mol. The van der Waals surface area contributed by atoms with Crippen molar-refractivity contribution in [2.24, 2.45) is 0 Å². The number of piperidine rings is 1. The number of hydrogen-bond donors (Lipinski definition) is 1. The number of nitriles is 1. The van der Waals surface area contributed by atoms with Crippen LogP contribution in [0.5, 0.6) is 11.5 Å². The molecule has 0 bridgehead atoms. The molecule has 0 atom stereocenters. The van der Waals surface area contributed by atoms with Crippen molar-refractivity contribution < 1.29 is 18.6 Å². The van der Waals surface area contributed by atoms with Crippen LogP contribution in [-0.4, -0.2) is 55.4 Å². The third kappa shape index (κ3) is 5.62. The fraction of sp³-hybridized carbons (Fsp3) is 0.400. The van der Waals surface area contributed by atoms with Gasteiger partial charge in [0.25, 0.3) is 0 Å². The highest BCUT2D eigenvalue weighted by Crippen LogP contribution is 2.42. The number of ether oxygens (including phenoxy) is 3. The third-order valence-corrected chi connectivity index (χ3v) is 7.76. The number of likely N-dealkylation sites (tertiary alicyclic amines) is 1. The number of rotatable bonds is 8. The number of hydrogen-bond acceptors (Lipinski definition) is 8. The van der Waals surface area contributed by atoms with Crippen molar-refractivity contribution >= 4 is 44.8 Å². The zero-order valence-corrected chi connectivity index (χ0v) is 22.5. The van der Waals surface area contributed by atoms with Crippen LogP contribution in [0.15, 0.2) is 47.2 Å². The molecule has 0 aliphatic carbocycles. The molecule has 6 rings (SSSR count). The lowest BCUT2D eigenvalue weighted by atomic mass is 10.1. The molecule has 2 aliphatic rings. The molecule has 2 saturated heterocycles. The summed E-state index contributed by atoms with van der Waals surface area (Å²) in [6.45, 7) is 5.02. The van der Waals surface area contributed by atoms with Crippen molar-refractivity contribution in [2.45, 2.75) is 38.2 Å². The molecule has 4 heterocycles. The Hall–Kier alpha value is -3.51. The molecule has 2 fully saturated rings. The van der Waals surface area contributed by atoms with Gasteiger partial charge in [-0.15, -0.1) is 0 Å². The Morgan fingerprint density at radius 3 is 2.77 bits per heavy atom. The van der Waals surface area contributed by atoms with Gasteiger partial charge in [0.15, 0.2) is 0 Å². The van der Waals surface area contributed by atoms with Crippen LogP contribution in [0.4, 0.5) is 11.4 Å². The van der Waals surface area contributed by atoms with Crippen molar-refractivity contribution in [3.05, 3.63) is 53.4 Å². The topological polar surface area (TPSA) is 92.8 Å². The van der Waals surface area contributed by atoms with Crippen LogP contribution >= 0.6 is 11.6 Å². The molecule has 39 heavy (non-hydrogen) atoms. The van der Waals surface area contributed by atoms with Crippen LogP contribution in [0.2, 0.25) is 5.02 Å². The smallest absolute Gasteiger partial charge is 0.136 e. The van der Waals surface area contributed by atoms with Crippen LogP contribution in [0.25, 0.3) is 21.9 Å². The van der Waals surface area contributed by atoms with Crippen LogP contribution in [0, 0.1) is 11.3 Å². The van der Waals surface area contributed by atoms with Crippen LogP contribution < -0.4 is 14.8 Å². The molecule has 4 aromatic rings. The number of benzene rings is 2. The summed E-state index contributed by atoms with van der Waals surface area (Å²) in [6.07, 6.45) is 8.56. The van der Waals surface area contributed by atoms with Gasteiger partial charge < -0.3 is 23.9 Å². The number of anilines is 2. The second-order valence-corrected chi connectivity index (χ2v) is 10.4. The van der Waals surface area contributed by atoms with Gasteiger partial charge in [-0.25, -0.2) is 0 Å². The summed E-state index contributed by atoms with van der Waals surface area (Å²) in [4.78, 5) is 7.08. The van der Waals surface area contributed by atoms with E-state index in [1.165, 1.54) is 19.3 Å². The summed E-state index contributed by atoms with van der Waals surface area (Å²) in [7, 11) is 0. The van der Waals surface area contributed by atoms with Gasteiger partial charge in [-0.1, -0.05) is 18.0 Å². The molecular formula is C30H31ClN4O4. The molecule has 2 aromatic heterocycles. The van der Waals surface area contributed by atoms with E-state index in [0.29, 0.717) is 69.8 Å². The molecule has 1 N–H and O–H groups in total. The average Bonchev–Trinajstić information content (AvgIpc) is 3.45. The highest BCUT2D eigenvalue weighted by atomic mass is 35.5. The quantitative estimate of drug-likeness (QED) is 0.262. The van der Waals surface area contributed by atoms with Crippen molar-refractivity contribution in [3.63, 3.8) is 0 Å². The minimum Gasteiger partial charge on any atom is -0.492 e. The first-order chi connectivity index (χ1) is 19.2.